The van der Waals surface area contributed by atoms with Gasteiger partial charge in [-0.15, -0.1) is 10.2 Å². The predicted octanol–water partition coefficient (Wildman–Crippen LogP) is 2.77. The molecule has 0 atom stereocenters. The lowest BCUT2D eigenvalue weighted by atomic mass is 10.1. The van der Waals surface area contributed by atoms with E-state index in [0.717, 1.165) is 5.69 Å². The minimum atomic E-state index is 0.131. The molecule has 126 valence electrons. The maximum Gasteiger partial charge on any atom is 0.254 e. The summed E-state index contributed by atoms with van der Waals surface area (Å²) in [6.07, 6.45) is 3.08. The van der Waals surface area contributed by atoms with Crippen molar-refractivity contribution in [3.8, 4) is 29.0 Å². The van der Waals surface area contributed by atoms with E-state index < -0.39 is 0 Å². The molecule has 0 aliphatic heterocycles. The van der Waals surface area contributed by atoms with Gasteiger partial charge in [0.15, 0.2) is 6.61 Å². The van der Waals surface area contributed by atoms with E-state index >= 15 is 0 Å². The molecule has 4 aromatic rings. The first-order valence-electron chi connectivity index (χ1n) is 7.72. The van der Waals surface area contributed by atoms with Crippen LogP contribution in [0.4, 0.5) is 0 Å². The van der Waals surface area contributed by atoms with Crippen LogP contribution in [0.25, 0.3) is 17.1 Å². The summed E-state index contributed by atoms with van der Waals surface area (Å²) in [4.78, 5) is 3.92. The van der Waals surface area contributed by atoms with Gasteiger partial charge in [-0.25, -0.2) is 9.67 Å². The Morgan fingerprint density at radius 1 is 1.12 bits per heavy atom. The van der Waals surface area contributed by atoms with Gasteiger partial charge < -0.3 is 9.15 Å². The maximum atomic E-state index is 8.97. The molecule has 26 heavy (non-hydrogen) atoms. The molecule has 0 spiro atoms. The molecule has 2 heterocycles. The summed E-state index contributed by atoms with van der Waals surface area (Å²) in [5, 5.41) is 21.0. The van der Waals surface area contributed by atoms with Gasteiger partial charge in [-0.1, -0.05) is 12.1 Å². The monoisotopic (exact) mass is 344 g/mol. The standard InChI is InChI=1S/C18H12N6O2/c19-9-13-3-1-4-14(7-13)18-23-22-17(26-18)10-25-16-6-2-5-15(8-16)24-12-20-11-21-24/h1-8,11-12H,10H2. The van der Waals surface area contributed by atoms with Crippen LogP contribution in [-0.2, 0) is 6.61 Å². The van der Waals surface area contributed by atoms with Crippen LogP contribution in [0, 0.1) is 11.3 Å². The van der Waals surface area contributed by atoms with Crippen molar-refractivity contribution in [1.29, 1.82) is 5.26 Å². The maximum absolute atomic E-state index is 8.97. The van der Waals surface area contributed by atoms with Crippen molar-refractivity contribution >= 4 is 0 Å². The molecule has 0 saturated heterocycles. The van der Waals surface area contributed by atoms with E-state index in [1.54, 1.807) is 35.3 Å². The minimum absolute atomic E-state index is 0.131. The quantitative estimate of drug-likeness (QED) is 0.548. The Morgan fingerprint density at radius 2 is 2.04 bits per heavy atom. The Hall–Kier alpha value is -3.99. The third-order valence-electron chi connectivity index (χ3n) is 3.57. The van der Waals surface area contributed by atoms with Crippen LogP contribution in [0.5, 0.6) is 5.75 Å². The Kier molecular flexibility index (Phi) is 4.10. The molecule has 0 amide bonds. The summed E-state index contributed by atoms with van der Waals surface area (Å²) in [5.41, 5.74) is 2.05. The normalized spacial score (nSPS) is 10.4. The zero-order chi connectivity index (χ0) is 17.8. The topological polar surface area (TPSA) is 103 Å². The van der Waals surface area contributed by atoms with E-state index in [1.165, 1.54) is 6.33 Å². The van der Waals surface area contributed by atoms with Crippen LogP contribution in [-0.4, -0.2) is 25.0 Å². The number of hydrogen-bond donors (Lipinski definition) is 0. The van der Waals surface area contributed by atoms with Crippen molar-refractivity contribution in [2.24, 2.45) is 0 Å². The number of benzene rings is 2. The smallest absolute Gasteiger partial charge is 0.254 e. The van der Waals surface area contributed by atoms with E-state index in [2.05, 4.69) is 26.3 Å². The van der Waals surface area contributed by atoms with Crippen LogP contribution < -0.4 is 4.74 Å². The Morgan fingerprint density at radius 3 is 2.88 bits per heavy atom. The highest BCUT2D eigenvalue weighted by Crippen LogP contribution is 2.21. The molecule has 0 N–H and O–H groups in total. The number of rotatable bonds is 5. The van der Waals surface area contributed by atoms with E-state index in [1.807, 2.05) is 24.3 Å². The number of nitrogens with zero attached hydrogens (tertiary/aromatic N) is 6. The molecule has 0 unspecified atom stereocenters. The fraction of sp³-hybridized carbons (Fsp3) is 0.0556. The van der Waals surface area contributed by atoms with Crippen LogP contribution in [0.1, 0.15) is 11.5 Å². The first kappa shape index (κ1) is 15.5. The van der Waals surface area contributed by atoms with E-state index in [9.17, 15) is 0 Å². The van der Waals surface area contributed by atoms with Crippen LogP contribution >= 0.6 is 0 Å². The van der Waals surface area contributed by atoms with Gasteiger partial charge in [-0.3, -0.25) is 0 Å². The molecule has 0 saturated carbocycles. The van der Waals surface area contributed by atoms with Crippen LogP contribution in [0.15, 0.2) is 65.6 Å². The Balaban J connectivity index is 1.47. The molecule has 8 heteroatoms. The van der Waals surface area contributed by atoms with Crippen molar-refractivity contribution in [1.82, 2.24) is 25.0 Å². The summed E-state index contributed by atoms with van der Waals surface area (Å²) in [7, 11) is 0. The lowest BCUT2D eigenvalue weighted by Crippen LogP contribution is -1.98. The third-order valence-corrected chi connectivity index (χ3v) is 3.57. The van der Waals surface area contributed by atoms with Gasteiger partial charge >= 0.3 is 0 Å². The molecule has 0 aliphatic rings. The lowest BCUT2D eigenvalue weighted by Gasteiger charge is -2.05. The molecule has 8 nitrogen and oxygen atoms in total. The third kappa shape index (κ3) is 3.27. The summed E-state index contributed by atoms with van der Waals surface area (Å²) in [6.45, 7) is 0.131. The summed E-state index contributed by atoms with van der Waals surface area (Å²) in [5.74, 6) is 1.33. The molecule has 0 radical (unpaired) electrons. The first-order chi connectivity index (χ1) is 12.8. The van der Waals surface area contributed by atoms with Gasteiger partial charge in [0.25, 0.3) is 5.89 Å². The van der Waals surface area contributed by atoms with Crippen LogP contribution in [0.3, 0.4) is 0 Å². The SMILES string of the molecule is N#Cc1cccc(-c2nnc(COc3cccc(-n4cncn4)c3)o2)c1. The highest BCUT2D eigenvalue weighted by molar-refractivity contribution is 5.55. The van der Waals surface area contributed by atoms with E-state index in [-0.39, 0.29) is 6.61 Å². The van der Waals surface area contributed by atoms with E-state index in [0.29, 0.717) is 28.7 Å². The van der Waals surface area contributed by atoms with E-state index in [4.69, 9.17) is 14.4 Å². The fourth-order valence-electron chi connectivity index (χ4n) is 2.35. The minimum Gasteiger partial charge on any atom is -0.484 e. The molecule has 0 bridgehead atoms. The molecule has 2 aromatic heterocycles. The van der Waals surface area contributed by atoms with Gasteiger partial charge in [0, 0.05) is 11.6 Å². The van der Waals surface area contributed by atoms with Crippen LogP contribution in [0.2, 0.25) is 0 Å². The van der Waals surface area contributed by atoms with Gasteiger partial charge in [0.1, 0.15) is 18.4 Å². The molecular weight excluding hydrogens is 332 g/mol. The second kappa shape index (κ2) is 6.86. The molecule has 2 aromatic carbocycles. The summed E-state index contributed by atoms with van der Waals surface area (Å²) >= 11 is 0. The predicted molar refractivity (Wildman–Crippen MR) is 90.1 cm³/mol. The highest BCUT2D eigenvalue weighted by atomic mass is 16.5. The second-order valence-corrected chi connectivity index (χ2v) is 5.32. The highest BCUT2D eigenvalue weighted by Gasteiger charge is 2.10. The van der Waals surface area contributed by atoms with Gasteiger partial charge in [0.05, 0.1) is 17.3 Å². The molecule has 0 fully saturated rings. The van der Waals surface area contributed by atoms with Crippen molar-refractivity contribution in [2.75, 3.05) is 0 Å². The fourth-order valence-corrected chi connectivity index (χ4v) is 2.35. The number of aromatic nitrogens is 5. The number of hydrogen-bond acceptors (Lipinski definition) is 7. The Labute approximate surface area is 148 Å². The van der Waals surface area contributed by atoms with Crippen molar-refractivity contribution in [3.63, 3.8) is 0 Å². The molecule has 4 rings (SSSR count). The average molecular weight is 344 g/mol. The van der Waals surface area contributed by atoms with Crippen molar-refractivity contribution in [3.05, 3.63) is 72.6 Å². The second-order valence-electron chi connectivity index (χ2n) is 5.32. The van der Waals surface area contributed by atoms with Gasteiger partial charge in [-0.05, 0) is 30.3 Å². The zero-order valence-electron chi connectivity index (χ0n) is 13.5. The molecule has 0 aliphatic carbocycles. The summed E-state index contributed by atoms with van der Waals surface area (Å²) < 4.78 is 13.0. The number of nitriles is 1. The van der Waals surface area contributed by atoms with Crippen molar-refractivity contribution < 1.29 is 9.15 Å². The van der Waals surface area contributed by atoms with Crippen molar-refractivity contribution in [2.45, 2.75) is 6.61 Å². The number of ether oxygens (including phenoxy) is 1. The molecular formula is C18H12N6O2. The average Bonchev–Trinajstić information content (AvgIpc) is 3.39. The zero-order valence-corrected chi connectivity index (χ0v) is 13.5. The lowest BCUT2D eigenvalue weighted by molar-refractivity contribution is 0.264. The first-order valence-corrected chi connectivity index (χ1v) is 7.72. The van der Waals surface area contributed by atoms with Gasteiger partial charge in [-0.2, -0.15) is 10.4 Å². The summed E-state index contributed by atoms with van der Waals surface area (Å²) in [6, 6.07) is 16.5. The Bertz CT molecular complexity index is 1070. The van der Waals surface area contributed by atoms with Gasteiger partial charge in [0.2, 0.25) is 5.89 Å². The largest absolute Gasteiger partial charge is 0.484 e.